The van der Waals surface area contributed by atoms with Crippen LogP contribution in [0.25, 0.3) is 0 Å². The van der Waals surface area contributed by atoms with Gasteiger partial charge in [0.05, 0.1) is 13.2 Å². The van der Waals surface area contributed by atoms with E-state index in [1.807, 2.05) is 24.3 Å². The van der Waals surface area contributed by atoms with Crippen molar-refractivity contribution in [3.05, 3.63) is 98.0 Å². The van der Waals surface area contributed by atoms with Crippen LogP contribution in [0.4, 0.5) is 5.69 Å². The minimum absolute atomic E-state index is 0.0845. The molecule has 9 heteroatoms. The summed E-state index contributed by atoms with van der Waals surface area (Å²) in [5, 5.41) is 8.07. The number of fused-ring (bicyclic) bond motifs is 1. The molecule has 2 aliphatic heterocycles. The molecule has 36 heavy (non-hydrogen) atoms. The molecule has 2 N–H and O–H groups in total. The number of hydrogen-bond donors (Lipinski definition) is 2. The molecule has 1 unspecified atom stereocenters. The normalized spacial score (nSPS) is 19.2. The van der Waals surface area contributed by atoms with Crippen LogP contribution in [-0.2, 0) is 28.0 Å². The summed E-state index contributed by atoms with van der Waals surface area (Å²) in [7, 11) is 0. The Hall–Kier alpha value is -2.61. The van der Waals surface area contributed by atoms with Gasteiger partial charge in [0.15, 0.2) is 0 Å². The van der Waals surface area contributed by atoms with Gasteiger partial charge in [-0.3, -0.25) is 14.9 Å². The number of nitrogens with zero attached hydrogens (tertiary/aromatic N) is 1. The van der Waals surface area contributed by atoms with Crippen LogP contribution in [0.2, 0.25) is 15.1 Å². The number of carbonyl (C=O) groups is 2. The van der Waals surface area contributed by atoms with Crippen LogP contribution in [0, 0.1) is 0 Å². The third-order valence-electron chi connectivity index (χ3n) is 6.61. The molecule has 2 amide bonds. The summed E-state index contributed by atoms with van der Waals surface area (Å²) in [5.41, 5.74) is 2.47. The van der Waals surface area contributed by atoms with E-state index in [2.05, 4.69) is 10.6 Å². The highest BCUT2D eigenvalue weighted by molar-refractivity contribution is 6.31. The SMILES string of the molecule is O=C(c1ccc(Cl)cc1CNC1(Cc2cccc(Cl)c2)C(=O)Nc2cc(Cl)ccc21)N1CCOCC1. The molecule has 1 atom stereocenters. The van der Waals surface area contributed by atoms with E-state index in [1.54, 1.807) is 41.3 Å². The lowest BCUT2D eigenvalue weighted by molar-refractivity contribution is -0.122. The number of nitrogens with one attached hydrogen (secondary N) is 2. The molecule has 5 rings (SSSR count). The van der Waals surface area contributed by atoms with Crippen molar-refractivity contribution in [3.8, 4) is 0 Å². The van der Waals surface area contributed by atoms with Crippen LogP contribution in [0.15, 0.2) is 60.7 Å². The standard InChI is InChI=1S/C27H24Cl3N3O3/c28-19-3-1-2-17(12-19)15-27(23-7-5-21(30)14-24(23)32-26(27)35)31-16-18-13-20(29)4-6-22(18)25(34)33-8-10-36-11-9-33/h1-7,12-14,31H,8-11,15-16H2,(H,32,35). The number of carbonyl (C=O) groups excluding carboxylic acids is 2. The van der Waals surface area contributed by atoms with E-state index in [9.17, 15) is 9.59 Å². The van der Waals surface area contributed by atoms with Crippen molar-refractivity contribution >= 4 is 52.3 Å². The number of morpholine rings is 1. The average molecular weight is 545 g/mol. The number of hydrogen-bond acceptors (Lipinski definition) is 4. The number of anilines is 1. The fraction of sp³-hybridized carbons (Fsp3) is 0.259. The van der Waals surface area contributed by atoms with E-state index in [1.165, 1.54) is 0 Å². The van der Waals surface area contributed by atoms with Crippen molar-refractivity contribution in [2.24, 2.45) is 0 Å². The summed E-state index contributed by atoms with van der Waals surface area (Å²) in [4.78, 5) is 28.6. The van der Waals surface area contributed by atoms with E-state index in [4.69, 9.17) is 39.5 Å². The Morgan fingerprint density at radius 1 is 0.972 bits per heavy atom. The molecule has 3 aromatic carbocycles. The Morgan fingerprint density at radius 3 is 2.47 bits per heavy atom. The summed E-state index contributed by atoms with van der Waals surface area (Å²) >= 11 is 18.8. The Bertz CT molecular complexity index is 1330. The van der Waals surface area contributed by atoms with E-state index < -0.39 is 5.54 Å². The highest BCUT2D eigenvalue weighted by atomic mass is 35.5. The fourth-order valence-corrected chi connectivity index (χ4v) is 5.39. The van der Waals surface area contributed by atoms with E-state index in [0.29, 0.717) is 64.6 Å². The van der Waals surface area contributed by atoms with Gasteiger partial charge in [-0.1, -0.05) is 53.0 Å². The van der Waals surface area contributed by atoms with Crippen molar-refractivity contribution in [2.45, 2.75) is 18.5 Å². The molecule has 0 spiro atoms. The molecular weight excluding hydrogens is 521 g/mol. The average Bonchev–Trinajstić information content (AvgIpc) is 3.13. The summed E-state index contributed by atoms with van der Waals surface area (Å²) < 4.78 is 5.39. The van der Waals surface area contributed by atoms with Gasteiger partial charge in [-0.25, -0.2) is 0 Å². The van der Waals surface area contributed by atoms with Crippen molar-refractivity contribution in [1.29, 1.82) is 0 Å². The van der Waals surface area contributed by atoms with Gasteiger partial charge in [0.2, 0.25) is 5.91 Å². The largest absolute Gasteiger partial charge is 0.378 e. The lowest BCUT2D eigenvalue weighted by Gasteiger charge is -2.31. The predicted octanol–water partition coefficient (Wildman–Crippen LogP) is 5.30. The van der Waals surface area contributed by atoms with Gasteiger partial charge in [0.1, 0.15) is 5.54 Å². The van der Waals surface area contributed by atoms with Gasteiger partial charge >= 0.3 is 0 Å². The Kier molecular flexibility index (Phi) is 7.24. The molecule has 0 saturated carbocycles. The Balaban J connectivity index is 1.51. The Labute approximate surface area is 224 Å². The van der Waals surface area contributed by atoms with Gasteiger partial charge < -0.3 is 15.0 Å². The summed E-state index contributed by atoms with van der Waals surface area (Å²) in [6.45, 7) is 2.32. The maximum Gasteiger partial charge on any atom is 0.254 e. The van der Waals surface area contributed by atoms with Gasteiger partial charge in [-0.2, -0.15) is 0 Å². The van der Waals surface area contributed by atoms with Crippen LogP contribution in [-0.4, -0.2) is 43.0 Å². The van der Waals surface area contributed by atoms with Crippen molar-refractivity contribution in [1.82, 2.24) is 10.2 Å². The number of ether oxygens (including phenoxy) is 1. The topological polar surface area (TPSA) is 70.7 Å². The molecule has 0 aromatic heterocycles. The smallest absolute Gasteiger partial charge is 0.254 e. The first-order valence-corrected chi connectivity index (χ1v) is 12.8. The number of rotatable bonds is 6. The molecule has 3 aromatic rings. The summed E-state index contributed by atoms with van der Waals surface area (Å²) in [5.74, 6) is -0.290. The van der Waals surface area contributed by atoms with Crippen molar-refractivity contribution in [3.63, 3.8) is 0 Å². The zero-order valence-electron chi connectivity index (χ0n) is 19.3. The molecule has 1 fully saturated rings. The quantitative estimate of drug-likeness (QED) is 0.442. The molecule has 0 bridgehead atoms. The first-order valence-electron chi connectivity index (χ1n) is 11.6. The second-order valence-electron chi connectivity index (χ2n) is 8.92. The molecule has 2 aliphatic rings. The van der Waals surface area contributed by atoms with Gasteiger partial charge in [0.25, 0.3) is 5.91 Å². The van der Waals surface area contributed by atoms with E-state index >= 15 is 0 Å². The Morgan fingerprint density at radius 2 is 1.69 bits per heavy atom. The molecule has 0 radical (unpaired) electrons. The van der Waals surface area contributed by atoms with E-state index in [0.717, 1.165) is 11.1 Å². The number of benzene rings is 3. The zero-order chi connectivity index (χ0) is 25.3. The maximum atomic E-state index is 13.5. The van der Waals surface area contributed by atoms with E-state index in [-0.39, 0.29) is 18.4 Å². The first kappa shape index (κ1) is 25.1. The molecule has 2 heterocycles. The predicted molar refractivity (Wildman–Crippen MR) is 142 cm³/mol. The second kappa shape index (κ2) is 10.4. The molecule has 186 valence electrons. The fourth-order valence-electron chi connectivity index (χ4n) is 4.81. The minimum Gasteiger partial charge on any atom is -0.378 e. The summed E-state index contributed by atoms with van der Waals surface area (Å²) in [6.07, 6.45) is 0.349. The first-order chi connectivity index (χ1) is 17.4. The monoisotopic (exact) mass is 543 g/mol. The lowest BCUT2D eigenvalue weighted by Crippen LogP contribution is -2.49. The highest BCUT2D eigenvalue weighted by Crippen LogP contribution is 2.40. The van der Waals surface area contributed by atoms with Gasteiger partial charge in [-0.05, 0) is 53.6 Å². The van der Waals surface area contributed by atoms with Crippen LogP contribution in [0.5, 0.6) is 0 Å². The minimum atomic E-state index is -1.10. The third-order valence-corrected chi connectivity index (χ3v) is 7.32. The second-order valence-corrected chi connectivity index (χ2v) is 10.2. The van der Waals surface area contributed by atoms with Gasteiger partial charge in [0, 0.05) is 57.9 Å². The van der Waals surface area contributed by atoms with Crippen LogP contribution in [0.3, 0.4) is 0 Å². The van der Waals surface area contributed by atoms with Crippen molar-refractivity contribution < 1.29 is 14.3 Å². The zero-order valence-corrected chi connectivity index (χ0v) is 21.6. The number of halogens is 3. The van der Waals surface area contributed by atoms with Crippen molar-refractivity contribution in [2.75, 3.05) is 31.6 Å². The molecule has 6 nitrogen and oxygen atoms in total. The third kappa shape index (κ3) is 4.97. The summed E-state index contributed by atoms with van der Waals surface area (Å²) in [6, 6.07) is 18.0. The van der Waals surface area contributed by atoms with Gasteiger partial charge in [-0.15, -0.1) is 0 Å². The highest BCUT2D eigenvalue weighted by Gasteiger charge is 2.46. The lowest BCUT2D eigenvalue weighted by atomic mass is 9.84. The number of amides is 2. The molecule has 1 saturated heterocycles. The van der Waals surface area contributed by atoms with Crippen LogP contribution in [0.1, 0.15) is 27.0 Å². The van der Waals surface area contributed by atoms with Crippen LogP contribution < -0.4 is 10.6 Å². The molecule has 0 aliphatic carbocycles. The maximum absolute atomic E-state index is 13.5. The van der Waals surface area contributed by atoms with Crippen LogP contribution >= 0.6 is 34.8 Å². The molecular formula is C27H24Cl3N3O3.